The van der Waals surface area contributed by atoms with Gasteiger partial charge in [0.1, 0.15) is 12.4 Å². The number of carbonyl (C=O) groups is 1. The third-order valence-electron chi connectivity index (χ3n) is 3.69. The van der Waals surface area contributed by atoms with Crippen molar-refractivity contribution in [3.63, 3.8) is 0 Å². The maximum Gasteiger partial charge on any atom is 0.255 e. The van der Waals surface area contributed by atoms with Crippen LogP contribution in [0.1, 0.15) is 36.1 Å². The highest BCUT2D eigenvalue weighted by atomic mass is 35.5. The normalized spacial score (nSPS) is 10.9. The van der Waals surface area contributed by atoms with Gasteiger partial charge in [0.15, 0.2) is 5.82 Å². The first-order valence-corrected chi connectivity index (χ1v) is 8.95. The first kappa shape index (κ1) is 19.1. The molecule has 0 aliphatic rings. The molecule has 1 N–H and O–H groups in total. The molecule has 0 aliphatic carbocycles. The lowest BCUT2D eigenvalue weighted by molar-refractivity contribution is 0.102. The molecule has 0 atom stereocenters. The van der Waals surface area contributed by atoms with Gasteiger partial charge in [0.25, 0.3) is 5.91 Å². The van der Waals surface area contributed by atoms with Crippen molar-refractivity contribution in [2.45, 2.75) is 26.5 Å². The first-order chi connectivity index (χ1) is 12.9. The van der Waals surface area contributed by atoms with Crippen LogP contribution in [0.4, 0.5) is 5.69 Å². The highest BCUT2D eigenvalue weighted by molar-refractivity contribution is 6.35. The maximum atomic E-state index is 12.5. The van der Waals surface area contributed by atoms with E-state index in [-0.39, 0.29) is 18.6 Å². The van der Waals surface area contributed by atoms with Gasteiger partial charge in [-0.3, -0.25) is 4.79 Å². The van der Waals surface area contributed by atoms with Crippen LogP contribution >= 0.6 is 23.2 Å². The Kier molecular flexibility index (Phi) is 5.93. The molecule has 2 aromatic carbocycles. The summed E-state index contributed by atoms with van der Waals surface area (Å²) in [5.74, 6) is 0.806. The van der Waals surface area contributed by atoms with Gasteiger partial charge in [0, 0.05) is 10.6 Å². The average Bonchev–Trinajstić information content (AvgIpc) is 3.12. The van der Waals surface area contributed by atoms with Crippen LogP contribution in [-0.2, 0) is 6.61 Å². The van der Waals surface area contributed by atoms with E-state index in [1.165, 1.54) is 0 Å². The zero-order valence-corrected chi connectivity index (χ0v) is 16.2. The molecule has 0 bridgehead atoms. The third kappa shape index (κ3) is 4.75. The Morgan fingerprint density at radius 2 is 2.04 bits per heavy atom. The Morgan fingerprint density at radius 3 is 2.81 bits per heavy atom. The average molecular weight is 406 g/mol. The van der Waals surface area contributed by atoms with Gasteiger partial charge < -0.3 is 10.1 Å². The predicted octanol–water partition coefficient (Wildman–Crippen LogP) is 4.39. The number of nitrogens with zero attached hydrogens (tertiary/aromatic N) is 4. The summed E-state index contributed by atoms with van der Waals surface area (Å²) in [6.45, 7) is 4.15. The number of nitrogens with one attached hydrogen (secondary N) is 1. The van der Waals surface area contributed by atoms with Gasteiger partial charge in [0.05, 0.1) is 16.8 Å². The fraction of sp³-hybridized carbons (Fsp3) is 0.222. The Labute approximate surface area is 166 Å². The zero-order valence-electron chi connectivity index (χ0n) is 14.7. The number of benzene rings is 2. The highest BCUT2D eigenvalue weighted by Gasteiger charge is 2.12. The van der Waals surface area contributed by atoms with Crippen molar-refractivity contribution in [2.75, 3.05) is 5.32 Å². The number of anilines is 1. The van der Waals surface area contributed by atoms with Crippen LogP contribution in [0.15, 0.2) is 42.5 Å². The summed E-state index contributed by atoms with van der Waals surface area (Å²) in [7, 11) is 0. The standard InChI is InChI=1S/C18H17Cl2N5O2/c1-11(2)25-17(22-23-24-25)10-27-14-5-3-4-12(8-14)18(26)21-16-9-13(19)6-7-15(16)20/h3-9,11H,10H2,1-2H3,(H,21,26). The van der Waals surface area contributed by atoms with Crippen molar-refractivity contribution in [3.05, 3.63) is 63.9 Å². The van der Waals surface area contributed by atoms with Gasteiger partial charge in [-0.15, -0.1) is 5.10 Å². The Hall–Kier alpha value is -2.64. The smallest absolute Gasteiger partial charge is 0.255 e. The number of rotatable bonds is 6. The largest absolute Gasteiger partial charge is 0.486 e. The SMILES string of the molecule is CC(C)n1nnnc1COc1cccc(C(=O)Nc2cc(Cl)ccc2Cl)c1. The molecule has 0 spiro atoms. The Morgan fingerprint density at radius 1 is 1.22 bits per heavy atom. The van der Waals surface area contributed by atoms with Crippen LogP contribution in [0.3, 0.4) is 0 Å². The van der Waals surface area contributed by atoms with Crippen LogP contribution in [-0.4, -0.2) is 26.1 Å². The lowest BCUT2D eigenvalue weighted by atomic mass is 10.2. The summed E-state index contributed by atoms with van der Waals surface area (Å²) in [5, 5.41) is 15.2. The van der Waals surface area contributed by atoms with Crippen LogP contribution in [0.5, 0.6) is 5.75 Å². The minimum absolute atomic E-state index is 0.123. The molecule has 0 radical (unpaired) electrons. The minimum atomic E-state index is -0.323. The van der Waals surface area contributed by atoms with Gasteiger partial charge in [-0.2, -0.15) is 0 Å². The molecule has 0 fully saturated rings. The fourth-order valence-electron chi connectivity index (χ4n) is 2.37. The summed E-state index contributed by atoms with van der Waals surface area (Å²) in [6, 6.07) is 11.8. The molecule has 140 valence electrons. The number of aromatic nitrogens is 4. The summed E-state index contributed by atoms with van der Waals surface area (Å²) >= 11 is 12.0. The van der Waals surface area contributed by atoms with Gasteiger partial charge in [0.2, 0.25) is 0 Å². The quantitative estimate of drug-likeness (QED) is 0.657. The Bertz CT molecular complexity index is 958. The van der Waals surface area contributed by atoms with Crippen molar-refractivity contribution < 1.29 is 9.53 Å². The summed E-state index contributed by atoms with van der Waals surface area (Å²) < 4.78 is 7.41. The highest BCUT2D eigenvalue weighted by Crippen LogP contribution is 2.26. The maximum absolute atomic E-state index is 12.5. The predicted molar refractivity (Wildman–Crippen MR) is 103 cm³/mol. The van der Waals surface area contributed by atoms with Crippen LogP contribution in [0, 0.1) is 0 Å². The molecule has 9 heteroatoms. The molecule has 27 heavy (non-hydrogen) atoms. The molecule has 1 heterocycles. The van der Waals surface area contributed by atoms with Crippen LogP contribution in [0.2, 0.25) is 10.0 Å². The van der Waals surface area contributed by atoms with E-state index in [1.807, 2.05) is 13.8 Å². The monoisotopic (exact) mass is 405 g/mol. The van der Waals surface area contributed by atoms with E-state index >= 15 is 0 Å². The number of hydrogen-bond acceptors (Lipinski definition) is 5. The summed E-state index contributed by atoms with van der Waals surface area (Å²) in [5.41, 5.74) is 0.864. The van der Waals surface area contributed by atoms with Crippen molar-refractivity contribution in [1.29, 1.82) is 0 Å². The number of tetrazole rings is 1. The number of halogens is 2. The van der Waals surface area contributed by atoms with E-state index in [9.17, 15) is 4.79 Å². The van der Waals surface area contributed by atoms with Gasteiger partial charge >= 0.3 is 0 Å². The van der Waals surface area contributed by atoms with Gasteiger partial charge in [-0.05, 0) is 60.7 Å². The summed E-state index contributed by atoms with van der Waals surface area (Å²) in [6.07, 6.45) is 0. The number of ether oxygens (including phenoxy) is 1. The summed E-state index contributed by atoms with van der Waals surface area (Å²) in [4.78, 5) is 12.5. The second kappa shape index (κ2) is 8.37. The van der Waals surface area contributed by atoms with Gasteiger partial charge in [-0.25, -0.2) is 4.68 Å². The molecule has 0 unspecified atom stereocenters. The molecule has 0 saturated carbocycles. The van der Waals surface area contributed by atoms with Crippen LogP contribution < -0.4 is 10.1 Å². The Balaban J connectivity index is 1.70. The molecular weight excluding hydrogens is 389 g/mol. The van der Waals surface area contributed by atoms with E-state index < -0.39 is 0 Å². The number of hydrogen-bond donors (Lipinski definition) is 1. The number of amides is 1. The minimum Gasteiger partial charge on any atom is -0.486 e. The molecule has 0 aliphatic heterocycles. The molecule has 3 aromatic rings. The van der Waals surface area contributed by atoms with E-state index in [0.29, 0.717) is 32.9 Å². The molecular formula is C18H17Cl2N5O2. The zero-order chi connectivity index (χ0) is 19.4. The molecule has 0 saturated heterocycles. The first-order valence-electron chi connectivity index (χ1n) is 8.20. The molecule has 1 amide bonds. The van der Waals surface area contributed by atoms with E-state index in [0.717, 1.165) is 0 Å². The molecule has 1 aromatic heterocycles. The number of carbonyl (C=O) groups excluding carboxylic acids is 1. The second-order valence-corrected chi connectivity index (χ2v) is 6.87. The van der Waals surface area contributed by atoms with Crippen molar-refractivity contribution in [3.8, 4) is 5.75 Å². The van der Waals surface area contributed by atoms with Crippen LogP contribution in [0.25, 0.3) is 0 Å². The van der Waals surface area contributed by atoms with Gasteiger partial charge in [-0.1, -0.05) is 29.3 Å². The topological polar surface area (TPSA) is 81.9 Å². The van der Waals surface area contributed by atoms with Crippen molar-refractivity contribution >= 4 is 34.8 Å². The van der Waals surface area contributed by atoms with E-state index in [2.05, 4.69) is 20.8 Å². The van der Waals surface area contributed by atoms with E-state index in [4.69, 9.17) is 27.9 Å². The van der Waals surface area contributed by atoms with E-state index in [1.54, 1.807) is 47.1 Å². The second-order valence-electron chi connectivity index (χ2n) is 6.03. The lowest BCUT2D eigenvalue weighted by Gasteiger charge is -2.11. The fourth-order valence-corrected chi connectivity index (χ4v) is 2.71. The lowest BCUT2D eigenvalue weighted by Crippen LogP contribution is -2.13. The molecule has 3 rings (SSSR count). The van der Waals surface area contributed by atoms with Crippen molar-refractivity contribution in [2.24, 2.45) is 0 Å². The third-order valence-corrected chi connectivity index (χ3v) is 4.26. The van der Waals surface area contributed by atoms with Crippen molar-refractivity contribution in [1.82, 2.24) is 20.2 Å². The molecule has 7 nitrogen and oxygen atoms in total.